The van der Waals surface area contributed by atoms with Gasteiger partial charge in [0.2, 0.25) is 0 Å². The molecule has 0 aliphatic rings. The lowest BCUT2D eigenvalue weighted by Gasteiger charge is -2.09. The Morgan fingerprint density at radius 1 is 1.50 bits per heavy atom. The van der Waals surface area contributed by atoms with Gasteiger partial charge >= 0.3 is 5.97 Å². The Balaban J connectivity index is 2.62. The number of aliphatic carboxylic acids is 1. The van der Waals surface area contributed by atoms with Crippen molar-refractivity contribution in [2.75, 3.05) is 11.9 Å². The number of carbonyl (C=O) groups is 1. The summed E-state index contributed by atoms with van der Waals surface area (Å²) in [4.78, 5) is 20.9. The molecular weight excluding hydrogens is 236 g/mol. The van der Waals surface area contributed by atoms with Crippen LogP contribution in [-0.4, -0.2) is 22.5 Å². The van der Waals surface area contributed by atoms with Gasteiger partial charge in [-0.1, -0.05) is 6.92 Å². The van der Waals surface area contributed by atoms with Crippen LogP contribution in [0.2, 0.25) is 0 Å². The van der Waals surface area contributed by atoms with Gasteiger partial charge in [-0.15, -0.1) is 0 Å². The van der Waals surface area contributed by atoms with Crippen molar-refractivity contribution in [3.8, 4) is 0 Å². The number of rotatable bonds is 6. The van der Waals surface area contributed by atoms with Crippen LogP contribution in [0.5, 0.6) is 0 Å². The molecule has 0 aliphatic carbocycles. The first-order chi connectivity index (χ1) is 8.40. The quantitative estimate of drug-likeness (QED) is 0.599. The molecule has 1 atom stereocenters. The van der Waals surface area contributed by atoms with E-state index in [4.69, 9.17) is 5.11 Å². The number of carboxylic acid groups (broad SMARTS) is 1. The van der Waals surface area contributed by atoms with Gasteiger partial charge in [0.1, 0.15) is 0 Å². The van der Waals surface area contributed by atoms with Crippen LogP contribution in [0.3, 0.4) is 0 Å². The summed E-state index contributed by atoms with van der Waals surface area (Å²) in [7, 11) is 0. The number of hydrogen-bond donors (Lipinski definition) is 2. The van der Waals surface area contributed by atoms with Gasteiger partial charge < -0.3 is 10.4 Å². The zero-order valence-corrected chi connectivity index (χ0v) is 10.3. The average molecular weight is 252 g/mol. The largest absolute Gasteiger partial charge is 0.481 e. The van der Waals surface area contributed by atoms with E-state index in [1.165, 1.54) is 12.1 Å². The lowest BCUT2D eigenvalue weighted by Crippen LogP contribution is -2.14. The fourth-order valence-electron chi connectivity index (χ4n) is 1.53. The Bertz CT molecular complexity index is 459. The fraction of sp³-hybridized carbons (Fsp3) is 0.417. The number of carboxylic acids is 1. The van der Waals surface area contributed by atoms with E-state index in [0.717, 1.165) is 5.56 Å². The van der Waals surface area contributed by atoms with E-state index in [-0.39, 0.29) is 5.69 Å². The second kappa shape index (κ2) is 6.00. The SMILES string of the molecule is Cc1cc(NCCC(C)C(=O)O)cc([N+](=O)[O-])c1. The molecule has 0 aromatic heterocycles. The first-order valence-electron chi connectivity index (χ1n) is 5.63. The third-order valence-corrected chi connectivity index (χ3v) is 2.60. The van der Waals surface area contributed by atoms with Crippen LogP contribution in [0.1, 0.15) is 18.9 Å². The molecule has 0 bridgehead atoms. The van der Waals surface area contributed by atoms with Crippen molar-refractivity contribution in [3.05, 3.63) is 33.9 Å². The Morgan fingerprint density at radius 2 is 2.17 bits per heavy atom. The van der Waals surface area contributed by atoms with Crippen molar-refractivity contribution in [1.82, 2.24) is 0 Å². The molecule has 0 spiro atoms. The molecule has 0 amide bonds. The Morgan fingerprint density at radius 3 is 2.72 bits per heavy atom. The molecule has 6 nitrogen and oxygen atoms in total. The van der Waals surface area contributed by atoms with E-state index < -0.39 is 16.8 Å². The van der Waals surface area contributed by atoms with Gasteiger partial charge in [0.25, 0.3) is 5.69 Å². The monoisotopic (exact) mass is 252 g/mol. The highest BCUT2D eigenvalue weighted by atomic mass is 16.6. The molecule has 0 saturated carbocycles. The van der Waals surface area contributed by atoms with Crippen LogP contribution in [0.25, 0.3) is 0 Å². The highest BCUT2D eigenvalue weighted by Crippen LogP contribution is 2.20. The first kappa shape index (κ1) is 14.0. The number of nitro groups is 1. The van der Waals surface area contributed by atoms with Crippen molar-refractivity contribution in [3.63, 3.8) is 0 Å². The summed E-state index contributed by atoms with van der Waals surface area (Å²) in [6, 6.07) is 4.72. The van der Waals surface area contributed by atoms with Crippen LogP contribution >= 0.6 is 0 Å². The van der Waals surface area contributed by atoms with Crippen LogP contribution in [0, 0.1) is 23.0 Å². The van der Waals surface area contributed by atoms with Crippen LogP contribution in [-0.2, 0) is 4.79 Å². The van der Waals surface area contributed by atoms with Gasteiger partial charge in [-0.25, -0.2) is 0 Å². The van der Waals surface area contributed by atoms with Crippen molar-refractivity contribution in [2.45, 2.75) is 20.3 Å². The lowest BCUT2D eigenvalue weighted by atomic mass is 10.1. The second-order valence-corrected chi connectivity index (χ2v) is 4.27. The minimum absolute atomic E-state index is 0.0313. The van der Waals surface area contributed by atoms with Gasteiger partial charge in [0, 0.05) is 24.4 Å². The first-order valence-corrected chi connectivity index (χ1v) is 5.63. The summed E-state index contributed by atoms with van der Waals surface area (Å²) in [5.74, 6) is -1.27. The molecular formula is C12H16N2O4. The minimum Gasteiger partial charge on any atom is -0.481 e. The molecule has 0 radical (unpaired) electrons. The number of hydrogen-bond acceptors (Lipinski definition) is 4. The molecule has 2 N–H and O–H groups in total. The maximum atomic E-state index is 10.7. The highest BCUT2D eigenvalue weighted by Gasteiger charge is 2.11. The Hall–Kier alpha value is -2.11. The van der Waals surface area contributed by atoms with Crippen LogP contribution in [0.15, 0.2) is 18.2 Å². The molecule has 0 heterocycles. The average Bonchev–Trinajstić information content (AvgIpc) is 2.27. The third-order valence-electron chi connectivity index (χ3n) is 2.60. The number of nitrogens with zero attached hydrogens (tertiary/aromatic N) is 1. The zero-order chi connectivity index (χ0) is 13.7. The molecule has 18 heavy (non-hydrogen) atoms. The lowest BCUT2D eigenvalue weighted by molar-refractivity contribution is -0.384. The molecule has 1 aromatic carbocycles. The number of aryl methyl sites for hydroxylation is 1. The number of nitro benzene ring substituents is 1. The summed E-state index contributed by atoms with van der Waals surface area (Å²) in [6.07, 6.45) is 0.469. The molecule has 0 fully saturated rings. The molecule has 0 saturated heterocycles. The number of benzene rings is 1. The van der Waals surface area contributed by atoms with Crippen molar-refractivity contribution >= 4 is 17.3 Å². The van der Waals surface area contributed by atoms with Gasteiger partial charge in [-0.3, -0.25) is 14.9 Å². The van der Waals surface area contributed by atoms with Gasteiger partial charge in [0.05, 0.1) is 10.8 Å². The van der Waals surface area contributed by atoms with Crippen molar-refractivity contribution in [2.24, 2.45) is 5.92 Å². The van der Waals surface area contributed by atoms with E-state index in [2.05, 4.69) is 5.32 Å². The van der Waals surface area contributed by atoms with E-state index in [1.807, 2.05) is 0 Å². The summed E-state index contributed by atoms with van der Waals surface area (Å²) in [5, 5.41) is 22.4. The number of anilines is 1. The molecule has 0 aliphatic heterocycles. The zero-order valence-electron chi connectivity index (χ0n) is 10.3. The number of nitrogens with one attached hydrogen (secondary N) is 1. The maximum absolute atomic E-state index is 10.7. The van der Waals surface area contributed by atoms with E-state index in [0.29, 0.717) is 18.7 Å². The molecule has 1 rings (SSSR count). The Labute approximate surface area is 105 Å². The molecule has 6 heteroatoms. The summed E-state index contributed by atoms with van der Waals surface area (Å²) < 4.78 is 0. The van der Waals surface area contributed by atoms with Crippen LogP contribution in [0.4, 0.5) is 11.4 Å². The third kappa shape index (κ3) is 4.04. The number of non-ortho nitro benzene ring substituents is 1. The van der Waals surface area contributed by atoms with Gasteiger partial charge in [-0.05, 0) is 25.0 Å². The predicted molar refractivity (Wildman–Crippen MR) is 67.7 cm³/mol. The van der Waals surface area contributed by atoms with E-state index >= 15 is 0 Å². The van der Waals surface area contributed by atoms with Crippen molar-refractivity contribution < 1.29 is 14.8 Å². The standard InChI is InChI=1S/C12H16N2O4/c1-8-5-10(7-11(6-8)14(17)18)13-4-3-9(2)12(15)16/h5-7,9,13H,3-4H2,1-2H3,(H,15,16). The van der Waals surface area contributed by atoms with E-state index in [1.54, 1.807) is 19.9 Å². The molecule has 1 unspecified atom stereocenters. The Kier molecular flexibility index (Phi) is 4.65. The molecule has 98 valence electrons. The smallest absolute Gasteiger partial charge is 0.306 e. The summed E-state index contributed by atoms with van der Waals surface area (Å²) in [5.41, 5.74) is 1.46. The minimum atomic E-state index is -0.841. The predicted octanol–water partition coefficient (Wildman–Crippen LogP) is 2.43. The van der Waals surface area contributed by atoms with Crippen LogP contribution < -0.4 is 5.32 Å². The van der Waals surface area contributed by atoms with Gasteiger partial charge in [0.15, 0.2) is 0 Å². The highest BCUT2D eigenvalue weighted by molar-refractivity contribution is 5.69. The topological polar surface area (TPSA) is 92.5 Å². The second-order valence-electron chi connectivity index (χ2n) is 4.27. The fourth-order valence-corrected chi connectivity index (χ4v) is 1.53. The molecule has 1 aromatic rings. The normalized spacial score (nSPS) is 11.9. The van der Waals surface area contributed by atoms with Crippen molar-refractivity contribution in [1.29, 1.82) is 0 Å². The van der Waals surface area contributed by atoms with Gasteiger partial charge in [-0.2, -0.15) is 0 Å². The van der Waals surface area contributed by atoms with E-state index in [9.17, 15) is 14.9 Å². The summed E-state index contributed by atoms with van der Waals surface area (Å²) in [6.45, 7) is 3.87. The summed E-state index contributed by atoms with van der Waals surface area (Å²) >= 11 is 0. The maximum Gasteiger partial charge on any atom is 0.306 e.